The van der Waals surface area contributed by atoms with Gasteiger partial charge in [-0.25, -0.2) is 4.39 Å². The first kappa shape index (κ1) is 13.8. The van der Waals surface area contributed by atoms with E-state index in [-0.39, 0.29) is 5.82 Å². The molecule has 0 spiro atoms. The molecule has 2 atom stereocenters. The predicted molar refractivity (Wildman–Crippen MR) is 78.3 cm³/mol. The Hall–Kier alpha value is -1.19. The quantitative estimate of drug-likeness (QED) is 0.850. The van der Waals surface area contributed by atoms with Crippen molar-refractivity contribution in [1.29, 1.82) is 0 Å². The van der Waals surface area contributed by atoms with Crippen molar-refractivity contribution < 1.29 is 9.13 Å². The number of hydrogen-bond donors (Lipinski definition) is 1. The van der Waals surface area contributed by atoms with Crippen LogP contribution in [0.1, 0.15) is 37.2 Å². The monoisotopic (exact) mass is 275 g/mol. The summed E-state index contributed by atoms with van der Waals surface area (Å²) in [7, 11) is 0. The van der Waals surface area contributed by atoms with Crippen LogP contribution in [0.15, 0.2) is 35.9 Å². The van der Waals surface area contributed by atoms with Gasteiger partial charge < -0.3 is 10.1 Å². The highest BCUT2D eigenvalue weighted by atomic mass is 19.1. The third-order valence-corrected chi connectivity index (χ3v) is 4.35. The lowest BCUT2D eigenvalue weighted by atomic mass is 9.97. The first-order valence-electron chi connectivity index (χ1n) is 7.56. The van der Waals surface area contributed by atoms with Gasteiger partial charge in [0.1, 0.15) is 5.82 Å². The first-order chi connectivity index (χ1) is 9.81. The molecule has 3 heteroatoms. The summed E-state index contributed by atoms with van der Waals surface area (Å²) in [5.41, 5.74) is 2.51. The molecule has 2 aliphatic rings. The number of ether oxygens (including phenoxy) is 1. The van der Waals surface area contributed by atoms with Gasteiger partial charge in [0.25, 0.3) is 0 Å². The molecule has 1 heterocycles. The Bertz CT molecular complexity index is 486. The number of benzene rings is 1. The van der Waals surface area contributed by atoms with Gasteiger partial charge in [0.2, 0.25) is 0 Å². The van der Waals surface area contributed by atoms with Crippen LogP contribution in [0.25, 0.3) is 0 Å². The zero-order chi connectivity index (χ0) is 13.8. The van der Waals surface area contributed by atoms with Crippen LogP contribution >= 0.6 is 0 Å². The molecule has 0 amide bonds. The van der Waals surface area contributed by atoms with Gasteiger partial charge in [0, 0.05) is 12.6 Å². The Kier molecular flexibility index (Phi) is 4.48. The largest absolute Gasteiger partial charge is 0.377 e. The average Bonchev–Trinajstić information content (AvgIpc) is 2.95. The number of rotatable bonds is 4. The molecule has 108 valence electrons. The van der Waals surface area contributed by atoms with Crippen molar-refractivity contribution in [3.63, 3.8) is 0 Å². The zero-order valence-electron chi connectivity index (χ0n) is 11.8. The van der Waals surface area contributed by atoms with Crippen molar-refractivity contribution in [2.45, 2.75) is 37.6 Å². The Morgan fingerprint density at radius 2 is 2.25 bits per heavy atom. The van der Waals surface area contributed by atoms with E-state index < -0.39 is 0 Å². The first-order valence-corrected chi connectivity index (χ1v) is 7.56. The Morgan fingerprint density at radius 3 is 3.05 bits per heavy atom. The van der Waals surface area contributed by atoms with Crippen molar-refractivity contribution >= 4 is 0 Å². The van der Waals surface area contributed by atoms with Crippen molar-refractivity contribution in [3.8, 4) is 0 Å². The third kappa shape index (κ3) is 3.47. The number of hydrogen-bond acceptors (Lipinski definition) is 2. The van der Waals surface area contributed by atoms with E-state index in [9.17, 15) is 4.39 Å². The van der Waals surface area contributed by atoms with Crippen molar-refractivity contribution in [2.75, 3.05) is 19.8 Å². The highest BCUT2D eigenvalue weighted by Crippen LogP contribution is 2.34. The molecule has 0 aromatic heterocycles. The highest BCUT2D eigenvalue weighted by Gasteiger charge is 2.25. The second kappa shape index (κ2) is 6.51. The van der Waals surface area contributed by atoms with Gasteiger partial charge >= 0.3 is 0 Å². The number of halogens is 1. The molecular formula is C17H22FNO. The molecule has 1 N–H and O–H groups in total. The summed E-state index contributed by atoms with van der Waals surface area (Å²) in [6, 6.07) is 7.61. The standard InChI is InChI=1S/C17H22FNO/c18-16-5-1-4-14(9-16)15-6-7-17(10-15)19-11-13-3-2-8-20-12-13/h1,3-5,9,15,17,19H,2,6-8,10-12H2. The highest BCUT2D eigenvalue weighted by molar-refractivity contribution is 5.22. The lowest BCUT2D eigenvalue weighted by Gasteiger charge is -2.18. The smallest absolute Gasteiger partial charge is 0.123 e. The van der Waals surface area contributed by atoms with Crippen LogP contribution in [0.3, 0.4) is 0 Å². The maximum absolute atomic E-state index is 13.3. The minimum atomic E-state index is -0.122. The van der Waals surface area contributed by atoms with Gasteiger partial charge in [-0.2, -0.15) is 0 Å². The van der Waals surface area contributed by atoms with Crippen LogP contribution in [0, 0.1) is 5.82 Å². The van der Waals surface area contributed by atoms with E-state index in [1.54, 1.807) is 6.07 Å². The van der Waals surface area contributed by atoms with Crippen LogP contribution in [-0.2, 0) is 4.74 Å². The molecule has 2 unspecified atom stereocenters. The lowest BCUT2D eigenvalue weighted by molar-refractivity contribution is 0.148. The fourth-order valence-corrected chi connectivity index (χ4v) is 3.24. The van der Waals surface area contributed by atoms with Crippen LogP contribution < -0.4 is 5.32 Å². The van der Waals surface area contributed by atoms with Crippen molar-refractivity contribution in [1.82, 2.24) is 5.32 Å². The predicted octanol–water partition coefficient (Wildman–Crippen LogP) is 3.40. The normalized spacial score (nSPS) is 26.6. The van der Waals surface area contributed by atoms with Gasteiger partial charge in [-0.3, -0.25) is 0 Å². The second-order valence-electron chi connectivity index (χ2n) is 5.85. The maximum atomic E-state index is 13.3. The van der Waals surface area contributed by atoms with E-state index in [0.717, 1.165) is 44.6 Å². The van der Waals surface area contributed by atoms with Gasteiger partial charge in [-0.15, -0.1) is 0 Å². The minimum absolute atomic E-state index is 0.122. The molecule has 1 aliphatic carbocycles. The molecule has 0 saturated heterocycles. The molecule has 1 fully saturated rings. The van der Waals surface area contributed by atoms with E-state index in [1.165, 1.54) is 18.1 Å². The fraction of sp³-hybridized carbons (Fsp3) is 0.529. The Labute approximate surface area is 120 Å². The summed E-state index contributed by atoms with van der Waals surface area (Å²) >= 11 is 0. The van der Waals surface area contributed by atoms with E-state index in [4.69, 9.17) is 4.74 Å². The molecule has 20 heavy (non-hydrogen) atoms. The summed E-state index contributed by atoms with van der Waals surface area (Å²) in [5.74, 6) is 0.378. The molecule has 0 bridgehead atoms. The SMILES string of the molecule is Fc1cccc(C2CCC(NCC3=CCCOC3)C2)c1. The summed E-state index contributed by atoms with van der Waals surface area (Å²) in [4.78, 5) is 0. The van der Waals surface area contributed by atoms with E-state index in [0.29, 0.717) is 12.0 Å². The van der Waals surface area contributed by atoms with Gasteiger partial charge in [-0.05, 0) is 54.9 Å². The van der Waals surface area contributed by atoms with E-state index in [2.05, 4.69) is 11.4 Å². The molecule has 1 aromatic carbocycles. The number of nitrogens with one attached hydrogen (secondary N) is 1. The van der Waals surface area contributed by atoms with Crippen LogP contribution in [0.4, 0.5) is 4.39 Å². The molecule has 3 rings (SSSR count). The third-order valence-electron chi connectivity index (χ3n) is 4.35. The summed E-state index contributed by atoms with van der Waals surface area (Å²) < 4.78 is 18.7. The molecular weight excluding hydrogens is 253 g/mol. The zero-order valence-corrected chi connectivity index (χ0v) is 11.8. The summed E-state index contributed by atoms with van der Waals surface area (Å²) in [5, 5.41) is 3.62. The van der Waals surface area contributed by atoms with E-state index in [1.807, 2.05) is 12.1 Å². The van der Waals surface area contributed by atoms with Crippen LogP contribution in [0.2, 0.25) is 0 Å². The minimum Gasteiger partial charge on any atom is -0.377 e. The fourth-order valence-electron chi connectivity index (χ4n) is 3.24. The average molecular weight is 275 g/mol. The van der Waals surface area contributed by atoms with Gasteiger partial charge in [0.05, 0.1) is 13.2 Å². The van der Waals surface area contributed by atoms with Gasteiger partial charge in [0.15, 0.2) is 0 Å². The maximum Gasteiger partial charge on any atom is 0.123 e. The molecule has 1 saturated carbocycles. The van der Waals surface area contributed by atoms with E-state index >= 15 is 0 Å². The Balaban J connectivity index is 1.50. The molecule has 2 nitrogen and oxygen atoms in total. The molecule has 0 radical (unpaired) electrons. The van der Waals surface area contributed by atoms with Gasteiger partial charge in [-0.1, -0.05) is 18.2 Å². The summed E-state index contributed by atoms with van der Waals surface area (Å²) in [6.45, 7) is 2.56. The van der Waals surface area contributed by atoms with Crippen molar-refractivity contribution in [2.24, 2.45) is 0 Å². The lowest BCUT2D eigenvalue weighted by Crippen LogP contribution is -2.30. The Morgan fingerprint density at radius 1 is 1.30 bits per heavy atom. The topological polar surface area (TPSA) is 21.3 Å². The summed E-state index contributed by atoms with van der Waals surface area (Å²) in [6.07, 6.45) is 6.76. The van der Waals surface area contributed by atoms with Crippen LogP contribution in [0.5, 0.6) is 0 Å². The second-order valence-corrected chi connectivity index (χ2v) is 5.85. The van der Waals surface area contributed by atoms with Crippen LogP contribution in [-0.4, -0.2) is 25.8 Å². The van der Waals surface area contributed by atoms with Crippen molar-refractivity contribution in [3.05, 3.63) is 47.3 Å². The molecule has 1 aliphatic heterocycles. The molecule has 1 aromatic rings.